The van der Waals surface area contributed by atoms with Crippen molar-refractivity contribution < 1.29 is 14.3 Å². The maximum atomic E-state index is 11.6. The zero-order valence-corrected chi connectivity index (χ0v) is 9.06. The van der Waals surface area contributed by atoms with Gasteiger partial charge in [-0.25, -0.2) is 10.4 Å². The van der Waals surface area contributed by atoms with E-state index in [1.165, 1.54) is 5.01 Å². The molecule has 0 saturated carbocycles. The molecule has 0 aliphatic carbocycles. The Morgan fingerprint density at radius 2 is 1.88 bits per heavy atom. The molecule has 16 heavy (non-hydrogen) atoms. The van der Waals surface area contributed by atoms with Crippen LogP contribution in [0.2, 0.25) is 0 Å². The molecule has 5 heteroatoms. The van der Waals surface area contributed by atoms with Gasteiger partial charge in [-0.2, -0.15) is 0 Å². The highest BCUT2D eigenvalue weighted by Gasteiger charge is 2.36. The molecule has 1 aliphatic heterocycles. The van der Waals surface area contributed by atoms with Crippen LogP contribution >= 0.6 is 0 Å². The van der Waals surface area contributed by atoms with E-state index in [0.717, 1.165) is 0 Å². The molecule has 2 rings (SSSR count). The predicted octanol–water partition coefficient (Wildman–Crippen LogP) is 0.504. The summed E-state index contributed by atoms with van der Waals surface area (Å²) in [6, 6.07) is 6.44. The topological polar surface area (TPSA) is 58.6 Å². The van der Waals surface area contributed by atoms with Crippen LogP contribution in [0.5, 0.6) is 5.75 Å². The molecular weight excluding hydrogens is 208 g/mol. The van der Waals surface area contributed by atoms with E-state index in [-0.39, 0.29) is 0 Å². The van der Waals surface area contributed by atoms with E-state index < -0.39 is 17.7 Å². The molecule has 0 spiro atoms. The van der Waals surface area contributed by atoms with Crippen LogP contribution in [-0.2, 0) is 9.59 Å². The minimum absolute atomic E-state index is 0.421. The molecule has 1 fully saturated rings. The Bertz CT molecular complexity index is 427. The second-order valence-electron chi connectivity index (χ2n) is 3.55. The zero-order chi connectivity index (χ0) is 11.7. The van der Waals surface area contributed by atoms with Crippen LogP contribution < -0.4 is 15.2 Å². The van der Waals surface area contributed by atoms with Gasteiger partial charge in [0.2, 0.25) is 5.78 Å². The summed E-state index contributed by atoms with van der Waals surface area (Å²) in [6.07, 6.45) is 0. The number of carbonyl (C=O) groups is 2. The van der Waals surface area contributed by atoms with Crippen LogP contribution in [0.4, 0.5) is 5.69 Å². The highest BCUT2D eigenvalue weighted by molar-refractivity contribution is 6.44. The summed E-state index contributed by atoms with van der Waals surface area (Å²) in [4.78, 5) is 22.9. The number of hydrogen-bond donors (Lipinski definition) is 1. The van der Waals surface area contributed by atoms with Gasteiger partial charge in [0.1, 0.15) is 5.75 Å². The Hall–Kier alpha value is -1.88. The average Bonchev–Trinajstić information content (AvgIpc) is 2.57. The lowest BCUT2D eigenvalue weighted by Gasteiger charge is -2.15. The SMILES string of the molecule is COc1ccc(N2NC(C)C(=O)C2=O)cc1. The summed E-state index contributed by atoms with van der Waals surface area (Å²) in [7, 11) is 1.57. The number of carbonyl (C=O) groups excluding carboxylic acids is 2. The summed E-state index contributed by atoms with van der Waals surface area (Å²) >= 11 is 0. The largest absolute Gasteiger partial charge is 0.497 e. The van der Waals surface area contributed by atoms with Crippen LogP contribution in [0.15, 0.2) is 24.3 Å². The van der Waals surface area contributed by atoms with Gasteiger partial charge >= 0.3 is 5.91 Å². The number of ketones is 1. The van der Waals surface area contributed by atoms with Gasteiger partial charge in [-0.1, -0.05) is 0 Å². The van der Waals surface area contributed by atoms with Crippen molar-refractivity contribution in [3.05, 3.63) is 24.3 Å². The number of Topliss-reactive ketones (excluding diaryl/α,β-unsaturated/α-hetero) is 1. The van der Waals surface area contributed by atoms with Crippen molar-refractivity contribution in [2.75, 3.05) is 12.1 Å². The van der Waals surface area contributed by atoms with Crippen molar-refractivity contribution in [1.29, 1.82) is 0 Å². The molecule has 84 valence electrons. The van der Waals surface area contributed by atoms with Crippen LogP contribution in [0, 0.1) is 0 Å². The highest BCUT2D eigenvalue weighted by Crippen LogP contribution is 2.20. The van der Waals surface area contributed by atoms with Gasteiger partial charge in [-0.15, -0.1) is 0 Å². The van der Waals surface area contributed by atoms with Gasteiger partial charge in [0, 0.05) is 0 Å². The summed E-state index contributed by atoms with van der Waals surface area (Å²) in [5.41, 5.74) is 3.43. The number of anilines is 1. The van der Waals surface area contributed by atoms with Crippen molar-refractivity contribution in [3.63, 3.8) is 0 Å². The summed E-state index contributed by atoms with van der Waals surface area (Å²) in [5.74, 6) is -0.247. The smallest absolute Gasteiger partial charge is 0.310 e. The number of ether oxygens (including phenoxy) is 1. The first-order valence-corrected chi connectivity index (χ1v) is 4.92. The number of benzene rings is 1. The fraction of sp³-hybridized carbons (Fsp3) is 0.273. The molecule has 1 aromatic carbocycles. The van der Waals surface area contributed by atoms with Gasteiger partial charge in [0.05, 0.1) is 18.8 Å². The molecule has 0 radical (unpaired) electrons. The number of amides is 1. The van der Waals surface area contributed by atoms with E-state index in [4.69, 9.17) is 4.74 Å². The van der Waals surface area contributed by atoms with Gasteiger partial charge < -0.3 is 4.74 Å². The van der Waals surface area contributed by atoms with Crippen molar-refractivity contribution in [2.24, 2.45) is 0 Å². The van der Waals surface area contributed by atoms with Crippen molar-refractivity contribution in [2.45, 2.75) is 13.0 Å². The Morgan fingerprint density at radius 3 is 2.31 bits per heavy atom. The summed E-state index contributed by atoms with van der Waals surface area (Å²) < 4.78 is 5.01. The molecule has 1 saturated heterocycles. The zero-order valence-electron chi connectivity index (χ0n) is 9.06. The molecule has 1 N–H and O–H groups in total. The maximum absolute atomic E-state index is 11.6. The predicted molar refractivity (Wildman–Crippen MR) is 58.1 cm³/mol. The summed E-state index contributed by atoms with van der Waals surface area (Å²) in [6.45, 7) is 1.66. The van der Waals surface area contributed by atoms with E-state index in [0.29, 0.717) is 11.4 Å². The Balaban J connectivity index is 2.25. The third-order valence-corrected chi connectivity index (χ3v) is 2.46. The Labute approximate surface area is 93.0 Å². The molecule has 1 amide bonds. The fourth-order valence-electron chi connectivity index (χ4n) is 1.53. The van der Waals surface area contributed by atoms with Crippen molar-refractivity contribution in [1.82, 2.24) is 5.43 Å². The lowest BCUT2D eigenvalue weighted by atomic mass is 10.2. The fourth-order valence-corrected chi connectivity index (χ4v) is 1.53. The van der Waals surface area contributed by atoms with E-state index in [9.17, 15) is 9.59 Å². The number of methoxy groups -OCH3 is 1. The van der Waals surface area contributed by atoms with Gasteiger partial charge in [0.25, 0.3) is 0 Å². The number of nitrogens with zero attached hydrogens (tertiary/aromatic N) is 1. The number of nitrogens with one attached hydrogen (secondary N) is 1. The van der Waals surface area contributed by atoms with E-state index in [2.05, 4.69) is 5.43 Å². The van der Waals surface area contributed by atoms with E-state index in [1.54, 1.807) is 38.3 Å². The van der Waals surface area contributed by atoms with Crippen LogP contribution in [0.1, 0.15) is 6.92 Å². The van der Waals surface area contributed by atoms with Crippen LogP contribution in [-0.4, -0.2) is 24.8 Å². The first-order valence-electron chi connectivity index (χ1n) is 4.92. The number of rotatable bonds is 2. The minimum atomic E-state index is -0.530. The maximum Gasteiger partial charge on any atom is 0.310 e. The lowest BCUT2D eigenvalue weighted by molar-refractivity contribution is -0.134. The first-order chi connectivity index (χ1) is 7.63. The van der Waals surface area contributed by atoms with Gasteiger partial charge in [-0.3, -0.25) is 9.59 Å². The van der Waals surface area contributed by atoms with Crippen molar-refractivity contribution in [3.8, 4) is 5.75 Å². The number of hydrazine groups is 1. The molecule has 1 aliphatic rings. The second kappa shape index (κ2) is 3.94. The Morgan fingerprint density at radius 1 is 1.25 bits per heavy atom. The standard InChI is InChI=1S/C11H12N2O3/c1-7-10(14)11(15)13(12-7)8-3-5-9(16-2)6-4-8/h3-7,12H,1-2H3. The van der Waals surface area contributed by atoms with E-state index >= 15 is 0 Å². The first kappa shape index (κ1) is 10.6. The molecule has 0 bridgehead atoms. The van der Waals surface area contributed by atoms with E-state index in [1.807, 2.05) is 0 Å². The molecule has 0 aromatic heterocycles. The minimum Gasteiger partial charge on any atom is -0.497 e. The monoisotopic (exact) mass is 220 g/mol. The van der Waals surface area contributed by atoms with Crippen molar-refractivity contribution >= 4 is 17.4 Å². The number of hydrogen-bond acceptors (Lipinski definition) is 4. The molecule has 5 nitrogen and oxygen atoms in total. The molecular formula is C11H12N2O3. The quantitative estimate of drug-likeness (QED) is 0.737. The lowest BCUT2D eigenvalue weighted by Crippen LogP contribution is -2.36. The third-order valence-electron chi connectivity index (χ3n) is 2.46. The Kier molecular flexibility index (Phi) is 2.62. The molecule has 1 aromatic rings. The van der Waals surface area contributed by atoms with Gasteiger partial charge in [-0.05, 0) is 31.2 Å². The summed E-state index contributed by atoms with van der Waals surface area (Å²) in [5, 5.41) is 1.26. The molecule has 1 unspecified atom stereocenters. The van der Waals surface area contributed by atoms with Gasteiger partial charge in [0.15, 0.2) is 0 Å². The second-order valence-corrected chi connectivity index (χ2v) is 3.55. The van der Waals surface area contributed by atoms with Crippen LogP contribution in [0.25, 0.3) is 0 Å². The normalized spacial score (nSPS) is 20.4. The average molecular weight is 220 g/mol. The molecule has 1 atom stereocenters. The molecule has 1 heterocycles. The highest BCUT2D eigenvalue weighted by atomic mass is 16.5. The van der Waals surface area contributed by atoms with Crippen LogP contribution in [0.3, 0.4) is 0 Å². The third kappa shape index (κ3) is 1.65.